The van der Waals surface area contributed by atoms with Gasteiger partial charge in [-0.3, -0.25) is 4.31 Å². The lowest BCUT2D eigenvalue weighted by Crippen LogP contribution is -2.73. The van der Waals surface area contributed by atoms with Gasteiger partial charge in [0.25, 0.3) is 0 Å². The van der Waals surface area contributed by atoms with Gasteiger partial charge in [0.15, 0.2) is 0 Å². The van der Waals surface area contributed by atoms with Crippen LogP contribution in [0.15, 0.2) is 12.7 Å². The minimum atomic E-state index is -1.45. The summed E-state index contributed by atoms with van der Waals surface area (Å²) in [5.41, 5.74) is -1.36. The Morgan fingerprint density at radius 1 is 1.55 bits per heavy atom. The molecule has 0 spiro atoms. The van der Waals surface area contributed by atoms with Gasteiger partial charge in [0, 0.05) is 13.1 Å². The van der Waals surface area contributed by atoms with Gasteiger partial charge in [-0.1, -0.05) is 18.9 Å². The van der Waals surface area contributed by atoms with Crippen molar-refractivity contribution in [3.63, 3.8) is 0 Å². The summed E-state index contributed by atoms with van der Waals surface area (Å²) < 4.78 is 0.973. The normalized spacial score (nSPS) is 33.5. The van der Waals surface area contributed by atoms with Gasteiger partial charge in [0.05, 0.1) is 24.8 Å². The number of piperidine rings is 1. The summed E-state index contributed by atoms with van der Waals surface area (Å²) in [7, 11) is 0. The second-order valence-electron chi connectivity index (χ2n) is 4.73. The number of aliphatic hydroxyl groups is 4. The quantitative estimate of drug-likeness (QED) is 0.221. The van der Waals surface area contributed by atoms with Gasteiger partial charge in [0.2, 0.25) is 0 Å². The Morgan fingerprint density at radius 2 is 2.20 bits per heavy atom. The second-order valence-corrected chi connectivity index (χ2v) is 5.21. The van der Waals surface area contributed by atoms with Crippen molar-refractivity contribution in [2.75, 3.05) is 26.2 Å². The van der Waals surface area contributed by atoms with E-state index in [2.05, 4.69) is 30.0 Å². The van der Waals surface area contributed by atoms with Crippen LogP contribution >= 0.6 is 12.8 Å². The van der Waals surface area contributed by atoms with Crippen molar-refractivity contribution in [3.05, 3.63) is 12.7 Å². The third-order valence-electron chi connectivity index (χ3n) is 3.29. The number of carbonyl (C=O) groups is 1. The lowest BCUT2D eigenvalue weighted by atomic mass is 9.83. The van der Waals surface area contributed by atoms with E-state index in [9.17, 15) is 25.2 Å². The van der Waals surface area contributed by atoms with Gasteiger partial charge in [-0.05, 0) is 0 Å². The largest absolute Gasteiger partial charge is 0.394 e. The highest BCUT2D eigenvalue weighted by Gasteiger charge is 2.48. The van der Waals surface area contributed by atoms with Gasteiger partial charge in [-0.2, -0.15) is 0 Å². The molecular formula is C11H21N3O5S. The molecule has 4 unspecified atom stereocenters. The predicted octanol–water partition coefficient (Wildman–Crippen LogP) is -2.55. The molecule has 0 radical (unpaired) electrons. The summed E-state index contributed by atoms with van der Waals surface area (Å²) in [6, 6.07) is -0.532. The molecule has 1 saturated heterocycles. The molecule has 0 aromatic carbocycles. The minimum absolute atomic E-state index is 0.0192. The zero-order valence-corrected chi connectivity index (χ0v) is 11.8. The van der Waals surface area contributed by atoms with E-state index in [0.717, 1.165) is 4.31 Å². The average molecular weight is 307 g/mol. The fraction of sp³-hybridized carbons (Fsp3) is 0.727. The third-order valence-corrected chi connectivity index (χ3v) is 3.62. The van der Waals surface area contributed by atoms with Crippen LogP contribution in [0.5, 0.6) is 0 Å². The fourth-order valence-electron chi connectivity index (χ4n) is 2.01. The Morgan fingerprint density at radius 3 is 2.75 bits per heavy atom. The predicted molar refractivity (Wildman–Crippen MR) is 75.1 cm³/mol. The Balaban J connectivity index is 2.74. The van der Waals surface area contributed by atoms with Crippen LogP contribution in [0.2, 0.25) is 0 Å². The first-order valence-corrected chi connectivity index (χ1v) is 6.53. The molecular weight excluding hydrogens is 286 g/mol. The van der Waals surface area contributed by atoms with E-state index in [1.54, 1.807) is 0 Å². The van der Waals surface area contributed by atoms with Gasteiger partial charge in [-0.25, -0.2) is 4.79 Å². The number of carbonyl (C=O) groups excluding carboxylic acids is 1. The first kappa shape index (κ1) is 17.2. The van der Waals surface area contributed by atoms with Crippen LogP contribution in [0.3, 0.4) is 0 Å². The zero-order chi connectivity index (χ0) is 15.3. The summed E-state index contributed by atoms with van der Waals surface area (Å²) in [5.74, 6) is 0. The summed E-state index contributed by atoms with van der Waals surface area (Å²) in [6.07, 6.45) is -2.51. The van der Waals surface area contributed by atoms with Crippen molar-refractivity contribution in [1.82, 2.24) is 14.9 Å². The summed E-state index contributed by atoms with van der Waals surface area (Å²) in [4.78, 5) is 11.7. The van der Waals surface area contributed by atoms with E-state index in [4.69, 9.17) is 0 Å². The number of hydrogen-bond acceptors (Lipinski definition) is 7. The van der Waals surface area contributed by atoms with Crippen LogP contribution in [-0.4, -0.2) is 80.9 Å². The number of nitrogens with zero attached hydrogens (tertiary/aromatic N) is 1. The molecule has 0 aromatic rings. The fourth-order valence-corrected chi connectivity index (χ4v) is 2.33. The van der Waals surface area contributed by atoms with Crippen molar-refractivity contribution in [1.29, 1.82) is 0 Å². The number of rotatable bonds is 5. The maximum Gasteiger partial charge on any atom is 0.327 e. The number of hydrogen-bond donors (Lipinski definition) is 7. The molecule has 6 N–H and O–H groups in total. The SMILES string of the molecule is C=CCNC(=O)N(S)CC1(CO)NCC(O)C(O)C1O. The third kappa shape index (κ3) is 3.62. The molecule has 0 bridgehead atoms. The summed E-state index contributed by atoms with van der Waals surface area (Å²) in [6.45, 7) is 2.98. The molecule has 8 nitrogen and oxygen atoms in total. The molecule has 20 heavy (non-hydrogen) atoms. The van der Waals surface area contributed by atoms with E-state index < -0.39 is 36.5 Å². The van der Waals surface area contributed by atoms with Crippen LogP contribution in [0.25, 0.3) is 0 Å². The molecule has 1 heterocycles. The molecule has 9 heteroatoms. The van der Waals surface area contributed by atoms with Crippen LogP contribution in [0.4, 0.5) is 4.79 Å². The minimum Gasteiger partial charge on any atom is -0.394 e. The highest BCUT2D eigenvalue weighted by molar-refractivity contribution is 7.78. The van der Waals surface area contributed by atoms with Crippen LogP contribution < -0.4 is 10.6 Å². The van der Waals surface area contributed by atoms with Gasteiger partial charge in [0.1, 0.15) is 12.2 Å². The maximum atomic E-state index is 11.7. The Labute approximate surface area is 122 Å². The second kappa shape index (κ2) is 7.25. The number of nitrogens with one attached hydrogen (secondary N) is 2. The van der Waals surface area contributed by atoms with E-state index in [1.807, 2.05) is 0 Å². The molecule has 1 aliphatic rings. The number of aliphatic hydroxyl groups excluding tert-OH is 4. The number of urea groups is 1. The Bertz CT molecular complexity index is 359. The molecule has 4 atom stereocenters. The molecule has 1 fully saturated rings. The van der Waals surface area contributed by atoms with E-state index >= 15 is 0 Å². The lowest BCUT2D eigenvalue weighted by molar-refractivity contribution is -0.134. The molecule has 0 saturated carbocycles. The van der Waals surface area contributed by atoms with Gasteiger partial charge in [-0.15, -0.1) is 6.58 Å². The van der Waals surface area contributed by atoms with E-state index in [1.165, 1.54) is 6.08 Å². The summed E-state index contributed by atoms with van der Waals surface area (Å²) >= 11 is 3.99. The molecule has 2 amide bonds. The lowest BCUT2D eigenvalue weighted by Gasteiger charge is -2.46. The number of β-amino-alcohol motifs (C(OH)–C–C–N with tert-alkyl or cyclic N) is 1. The van der Waals surface area contributed by atoms with E-state index in [-0.39, 0.29) is 19.6 Å². The van der Waals surface area contributed by atoms with Crippen molar-refractivity contribution in [2.24, 2.45) is 0 Å². The van der Waals surface area contributed by atoms with Crippen molar-refractivity contribution >= 4 is 18.8 Å². The topological polar surface area (TPSA) is 125 Å². The first-order chi connectivity index (χ1) is 9.38. The Hall–Kier alpha value is -0.840. The van der Waals surface area contributed by atoms with E-state index in [0.29, 0.717) is 0 Å². The monoisotopic (exact) mass is 307 g/mol. The van der Waals surface area contributed by atoms with Crippen molar-refractivity contribution in [3.8, 4) is 0 Å². The molecule has 1 aliphatic heterocycles. The van der Waals surface area contributed by atoms with Crippen LogP contribution in [-0.2, 0) is 0 Å². The molecule has 0 aromatic heterocycles. The molecule has 116 valence electrons. The van der Waals surface area contributed by atoms with Crippen molar-refractivity contribution in [2.45, 2.75) is 23.9 Å². The molecule has 0 aliphatic carbocycles. The number of thiol groups is 1. The van der Waals surface area contributed by atoms with Crippen LogP contribution in [0, 0.1) is 0 Å². The highest BCUT2D eigenvalue weighted by Crippen LogP contribution is 2.22. The zero-order valence-electron chi connectivity index (χ0n) is 10.9. The highest BCUT2D eigenvalue weighted by atomic mass is 32.1. The standard InChI is InChI=1S/C11H21N3O5S/c1-2-3-12-10(19)14(20)5-11(6-15)9(18)8(17)7(16)4-13-11/h2,7-9,13,15-18,20H,1,3-6H2,(H,12,19). The van der Waals surface area contributed by atoms with Crippen LogP contribution in [0.1, 0.15) is 0 Å². The maximum absolute atomic E-state index is 11.7. The van der Waals surface area contributed by atoms with Gasteiger partial charge >= 0.3 is 6.03 Å². The van der Waals surface area contributed by atoms with Gasteiger partial charge < -0.3 is 31.1 Å². The summed E-state index contributed by atoms with van der Waals surface area (Å²) in [5, 5.41) is 43.9. The average Bonchev–Trinajstić information content (AvgIpc) is 2.45. The first-order valence-electron chi connectivity index (χ1n) is 6.13. The smallest absolute Gasteiger partial charge is 0.327 e. The number of amides is 2. The Kier molecular flexibility index (Phi) is 6.24. The molecule has 1 rings (SSSR count). The van der Waals surface area contributed by atoms with Crippen molar-refractivity contribution < 1.29 is 25.2 Å².